The second-order valence-corrected chi connectivity index (χ2v) is 4.32. The predicted octanol–water partition coefficient (Wildman–Crippen LogP) is 2.79. The second-order valence-electron chi connectivity index (χ2n) is 4.32. The van der Waals surface area contributed by atoms with Crippen molar-refractivity contribution in [2.75, 3.05) is 5.73 Å². The molecule has 96 valence electrons. The number of aryl methyl sites for hydroxylation is 1. The number of rotatable bonds is 1. The van der Waals surface area contributed by atoms with Gasteiger partial charge < -0.3 is 10.7 Å². The highest BCUT2D eigenvalue weighted by atomic mass is 19.2. The first-order chi connectivity index (χ1) is 9.04. The number of imidazole rings is 1. The molecular formula is C13H10F2N4. The quantitative estimate of drug-likeness (QED) is 0.661. The molecule has 6 heteroatoms. The summed E-state index contributed by atoms with van der Waals surface area (Å²) >= 11 is 0. The average molecular weight is 260 g/mol. The number of anilines is 1. The molecule has 0 saturated heterocycles. The number of benzene rings is 1. The van der Waals surface area contributed by atoms with Gasteiger partial charge in [0.1, 0.15) is 5.82 Å². The molecule has 0 saturated carbocycles. The van der Waals surface area contributed by atoms with Gasteiger partial charge in [-0.2, -0.15) is 0 Å². The van der Waals surface area contributed by atoms with Gasteiger partial charge in [-0.3, -0.25) is 0 Å². The van der Waals surface area contributed by atoms with Crippen molar-refractivity contribution in [3.63, 3.8) is 0 Å². The fraction of sp³-hybridized carbons (Fsp3) is 0.0769. The van der Waals surface area contributed by atoms with Crippen LogP contribution in [0.15, 0.2) is 24.4 Å². The molecule has 0 radical (unpaired) electrons. The minimum Gasteiger partial charge on any atom is -0.398 e. The van der Waals surface area contributed by atoms with Crippen molar-refractivity contribution < 1.29 is 8.78 Å². The highest BCUT2D eigenvalue weighted by molar-refractivity contribution is 5.80. The third-order valence-electron chi connectivity index (χ3n) is 2.82. The van der Waals surface area contributed by atoms with E-state index in [1.165, 1.54) is 0 Å². The molecule has 0 amide bonds. The standard InChI is InChI=1S/C13H10F2N4/c1-6-2-11-13(17-5-6)19-12(18-11)7-3-8(14)9(15)4-10(7)16/h2-5H,16H2,1H3,(H,17,18,19). The van der Waals surface area contributed by atoms with Crippen molar-refractivity contribution in [2.24, 2.45) is 0 Å². The number of hydrogen-bond acceptors (Lipinski definition) is 3. The fourth-order valence-electron chi connectivity index (χ4n) is 1.90. The number of pyridine rings is 1. The molecule has 0 atom stereocenters. The van der Waals surface area contributed by atoms with Gasteiger partial charge in [-0.25, -0.2) is 18.7 Å². The SMILES string of the molecule is Cc1cnc2nc(-c3cc(F)c(F)cc3N)[nH]c2c1. The number of halogens is 2. The van der Waals surface area contributed by atoms with Crippen LogP contribution in [-0.4, -0.2) is 15.0 Å². The third-order valence-corrected chi connectivity index (χ3v) is 2.82. The van der Waals surface area contributed by atoms with Crippen LogP contribution in [0, 0.1) is 18.6 Å². The van der Waals surface area contributed by atoms with Crippen LogP contribution < -0.4 is 5.73 Å². The monoisotopic (exact) mass is 260 g/mol. The lowest BCUT2D eigenvalue weighted by molar-refractivity contribution is 0.509. The highest BCUT2D eigenvalue weighted by Gasteiger charge is 2.13. The van der Waals surface area contributed by atoms with Crippen LogP contribution in [0.2, 0.25) is 0 Å². The summed E-state index contributed by atoms with van der Waals surface area (Å²) < 4.78 is 26.3. The second kappa shape index (κ2) is 4.01. The van der Waals surface area contributed by atoms with Crippen molar-refractivity contribution in [2.45, 2.75) is 6.92 Å². The number of aromatic nitrogens is 3. The predicted molar refractivity (Wildman–Crippen MR) is 68.4 cm³/mol. The van der Waals surface area contributed by atoms with Crippen LogP contribution in [0.5, 0.6) is 0 Å². The molecule has 1 aromatic carbocycles. The molecule has 4 nitrogen and oxygen atoms in total. The summed E-state index contributed by atoms with van der Waals surface area (Å²) in [5, 5.41) is 0. The molecule has 0 aliphatic heterocycles. The fourth-order valence-corrected chi connectivity index (χ4v) is 1.90. The Bertz CT molecular complexity index is 780. The maximum atomic E-state index is 13.3. The number of hydrogen-bond donors (Lipinski definition) is 2. The van der Waals surface area contributed by atoms with E-state index in [0.717, 1.165) is 23.2 Å². The lowest BCUT2D eigenvalue weighted by Gasteiger charge is -2.03. The minimum absolute atomic E-state index is 0.120. The van der Waals surface area contributed by atoms with Gasteiger partial charge >= 0.3 is 0 Å². The van der Waals surface area contributed by atoms with Crippen molar-refractivity contribution >= 4 is 16.9 Å². The van der Waals surface area contributed by atoms with E-state index in [0.29, 0.717) is 17.0 Å². The first-order valence-corrected chi connectivity index (χ1v) is 5.62. The Kier molecular flexibility index (Phi) is 2.45. The summed E-state index contributed by atoms with van der Waals surface area (Å²) in [7, 11) is 0. The summed E-state index contributed by atoms with van der Waals surface area (Å²) in [6.45, 7) is 1.90. The van der Waals surface area contributed by atoms with Gasteiger partial charge in [0.15, 0.2) is 17.3 Å². The summed E-state index contributed by atoms with van der Waals surface area (Å²) in [6.07, 6.45) is 1.68. The molecule has 0 bridgehead atoms. The molecule has 19 heavy (non-hydrogen) atoms. The van der Waals surface area contributed by atoms with Crippen molar-refractivity contribution in [1.29, 1.82) is 0 Å². The number of nitrogen functional groups attached to an aromatic ring is 1. The average Bonchev–Trinajstić information content (AvgIpc) is 2.76. The number of nitrogens with two attached hydrogens (primary N) is 1. The van der Waals surface area contributed by atoms with Crippen molar-refractivity contribution in [3.8, 4) is 11.4 Å². The normalized spacial score (nSPS) is 11.1. The Morgan fingerprint density at radius 3 is 2.68 bits per heavy atom. The number of H-pyrrole nitrogens is 1. The Balaban J connectivity index is 2.21. The van der Waals surface area contributed by atoms with Gasteiger partial charge in [0, 0.05) is 23.5 Å². The third kappa shape index (κ3) is 1.91. The number of fused-ring (bicyclic) bond motifs is 1. The summed E-state index contributed by atoms with van der Waals surface area (Å²) in [5.74, 6) is -1.58. The first kappa shape index (κ1) is 11.6. The molecule has 0 aliphatic rings. The Labute approximate surface area is 107 Å². The Morgan fingerprint density at radius 2 is 1.89 bits per heavy atom. The van der Waals surface area contributed by atoms with Crippen LogP contribution in [0.25, 0.3) is 22.6 Å². The molecule has 3 N–H and O–H groups in total. The molecule has 0 spiro atoms. The molecule has 2 heterocycles. The van der Waals surface area contributed by atoms with Crippen molar-refractivity contribution in [3.05, 3.63) is 41.6 Å². The van der Waals surface area contributed by atoms with E-state index in [4.69, 9.17) is 5.73 Å². The Morgan fingerprint density at radius 1 is 1.16 bits per heavy atom. The van der Waals surface area contributed by atoms with Crippen LogP contribution in [0.4, 0.5) is 14.5 Å². The lowest BCUT2D eigenvalue weighted by atomic mass is 10.1. The molecule has 0 aliphatic carbocycles. The van der Waals surface area contributed by atoms with Crippen LogP contribution in [0.1, 0.15) is 5.56 Å². The molecule has 2 aromatic heterocycles. The maximum absolute atomic E-state index is 13.3. The molecule has 3 aromatic rings. The molecule has 0 unspecified atom stereocenters. The zero-order chi connectivity index (χ0) is 13.6. The lowest BCUT2D eigenvalue weighted by Crippen LogP contribution is -1.95. The maximum Gasteiger partial charge on any atom is 0.178 e. The topological polar surface area (TPSA) is 67.6 Å². The van der Waals surface area contributed by atoms with E-state index in [1.807, 2.05) is 13.0 Å². The van der Waals surface area contributed by atoms with E-state index >= 15 is 0 Å². The number of nitrogens with one attached hydrogen (secondary N) is 1. The van der Waals surface area contributed by atoms with Gasteiger partial charge in [-0.1, -0.05) is 0 Å². The zero-order valence-corrected chi connectivity index (χ0v) is 10.0. The van der Waals surface area contributed by atoms with E-state index in [9.17, 15) is 8.78 Å². The van der Waals surface area contributed by atoms with Gasteiger partial charge in [-0.15, -0.1) is 0 Å². The first-order valence-electron chi connectivity index (χ1n) is 5.62. The van der Waals surface area contributed by atoms with Crippen molar-refractivity contribution in [1.82, 2.24) is 15.0 Å². The van der Waals surface area contributed by atoms with E-state index in [1.54, 1.807) is 6.20 Å². The van der Waals surface area contributed by atoms with Gasteiger partial charge in [0.2, 0.25) is 0 Å². The highest BCUT2D eigenvalue weighted by Crippen LogP contribution is 2.27. The van der Waals surface area contributed by atoms with Gasteiger partial charge in [0.05, 0.1) is 5.52 Å². The van der Waals surface area contributed by atoms with Crippen LogP contribution >= 0.6 is 0 Å². The van der Waals surface area contributed by atoms with Crippen LogP contribution in [-0.2, 0) is 0 Å². The minimum atomic E-state index is -0.980. The summed E-state index contributed by atoms with van der Waals surface area (Å²) in [6, 6.07) is 3.83. The Hall–Kier alpha value is -2.50. The molecular weight excluding hydrogens is 250 g/mol. The van der Waals surface area contributed by atoms with E-state index in [2.05, 4.69) is 15.0 Å². The molecule has 3 rings (SSSR count). The zero-order valence-electron chi connectivity index (χ0n) is 10.0. The number of aromatic amines is 1. The van der Waals surface area contributed by atoms with Gasteiger partial charge in [0.25, 0.3) is 0 Å². The smallest absolute Gasteiger partial charge is 0.178 e. The largest absolute Gasteiger partial charge is 0.398 e. The summed E-state index contributed by atoms with van der Waals surface area (Å²) in [5.41, 5.74) is 8.32. The van der Waals surface area contributed by atoms with Gasteiger partial charge in [-0.05, 0) is 24.6 Å². The van der Waals surface area contributed by atoms with E-state index < -0.39 is 11.6 Å². The number of nitrogens with zero attached hydrogens (tertiary/aromatic N) is 2. The van der Waals surface area contributed by atoms with E-state index in [-0.39, 0.29) is 5.69 Å². The summed E-state index contributed by atoms with van der Waals surface area (Å²) in [4.78, 5) is 11.4. The van der Waals surface area contributed by atoms with Crippen LogP contribution in [0.3, 0.4) is 0 Å². The molecule has 0 fully saturated rings.